The van der Waals surface area contributed by atoms with Gasteiger partial charge in [0, 0.05) is 25.0 Å². The van der Waals surface area contributed by atoms with E-state index >= 15 is 0 Å². The highest BCUT2D eigenvalue weighted by molar-refractivity contribution is 6.28. The van der Waals surface area contributed by atoms with Gasteiger partial charge in [-0.3, -0.25) is 14.2 Å². The maximum absolute atomic E-state index is 12.9. The zero-order chi connectivity index (χ0) is 22.1. The summed E-state index contributed by atoms with van der Waals surface area (Å²) in [6.45, 7) is 0.682. The van der Waals surface area contributed by atoms with Crippen LogP contribution in [0.2, 0.25) is 5.28 Å². The summed E-state index contributed by atoms with van der Waals surface area (Å²) in [4.78, 5) is 25.0. The van der Waals surface area contributed by atoms with Crippen molar-refractivity contribution in [2.45, 2.75) is 13.2 Å². The van der Waals surface area contributed by atoms with Crippen molar-refractivity contribution in [3.05, 3.63) is 76.3 Å². The first-order chi connectivity index (χ1) is 14.9. The van der Waals surface area contributed by atoms with Gasteiger partial charge < -0.3 is 4.74 Å². The molecule has 0 N–H and O–H groups in total. The van der Waals surface area contributed by atoms with Gasteiger partial charge in [-0.05, 0) is 47.5 Å². The van der Waals surface area contributed by atoms with Crippen LogP contribution in [0.5, 0.6) is 5.75 Å². The molecule has 3 heterocycles. The van der Waals surface area contributed by atoms with Gasteiger partial charge in [-0.2, -0.15) is 8.78 Å². The molecule has 0 aliphatic carbocycles. The standard InChI is InChI=1S/C21H16ClF2N5O2/c1-3-14-5-7-18(31-21(23)24)16(27-14)11-29-17-8-12(13-9-25-20(22)26-10-13)4-6-15(17)19(30)28(29)2/h3-10,21H,1,11H2,2H3. The Morgan fingerprint density at radius 1 is 1.19 bits per heavy atom. The van der Waals surface area contributed by atoms with E-state index in [2.05, 4.69) is 26.3 Å². The summed E-state index contributed by atoms with van der Waals surface area (Å²) in [5.74, 6) is -0.0721. The number of benzene rings is 1. The number of halogens is 3. The molecule has 10 heteroatoms. The Hall–Kier alpha value is -3.59. The van der Waals surface area contributed by atoms with Crippen LogP contribution < -0.4 is 10.3 Å². The van der Waals surface area contributed by atoms with E-state index < -0.39 is 6.61 Å². The average molecular weight is 444 g/mol. The van der Waals surface area contributed by atoms with Gasteiger partial charge in [0.25, 0.3) is 5.56 Å². The Morgan fingerprint density at radius 3 is 2.61 bits per heavy atom. The van der Waals surface area contributed by atoms with Crippen LogP contribution in [0.15, 0.2) is 54.1 Å². The topological polar surface area (TPSA) is 74.8 Å². The van der Waals surface area contributed by atoms with Crippen molar-refractivity contribution in [3.63, 3.8) is 0 Å². The predicted molar refractivity (Wildman–Crippen MR) is 113 cm³/mol. The molecule has 4 aromatic rings. The van der Waals surface area contributed by atoms with E-state index in [1.165, 1.54) is 22.9 Å². The number of nitrogens with zero attached hydrogens (tertiary/aromatic N) is 5. The molecule has 0 radical (unpaired) electrons. The minimum absolute atomic E-state index is 0.0273. The van der Waals surface area contributed by atoms with Crippen molar-refractivity contribution < 1.29 is 13.5 Å². The highest BCUT2D eigenvalue weighted by Gasteiger charge is 2.17. The number of rotatable bonds is 6. The summed E-state index contributed by atoms with van der Waals surface area (Å²) in [5.41, 5.74) is 2.57. The number of hydrogen-bond donors (Lipinski definition) is 0. The first-order valence-corrected chi connectivity index (χ1v) is 9.50. The van der Waals surface area contributed by atoms with E-state index in [4.69, 9.17) is 11.6 Å². The Bertz CT molecular complexity index is 1330. The molecule has 0 bridgehead atoms. The SMILES string of the molecule is C=Cc1ccc(OC(F)F)c(Cn2c3cc(-c4cnc(Cl)nc4)ccc3c(=O)n2C)n1. The smallest absolute Gasteiger partial charge is 0.387 e. The van der Waals surface area contributed by atoms with Crippen LogP contribution in [0.3, 0.4) is 0 Å². The molecule has 0 aliphatic rings. The van der Waals surface area contributed by atoms with Gasteiger partial charge in [0.05, 0.1) is 23.1 Å². The first kappa shape index (κ1) is 20.7. The van der Waals surface area contributed by atoms with Crippen LogP contribution in [0.25, 0.3) is 28.1 Å². The molecule has 0 saturated heterocycles. The fourth-order valence-electron chi connectivity index (χ4n) is 3.28. The second kappa shape index (κ2) is 8.27. The van der Waals surface area contributed by atoms with Gasteiger partial charge in [0.1, 0.15) is 11.4 Å². The maximum atomic E-state index is 12.9. The first-order valence-electron chi connectivity index (χ1n) is 9.12. The van der Waals surface area contributed by atoms with Crippen molar-refractivity contribution >= 4 is 28.6 Å². The predicted octanol–water partition coefficient (Wildman–Crippen LogP) is 4.14. The summed E-state index contributed by atoms with van der Waals surface area (Å²) < 4.78 is 33.4. The van der Waals surface area contributed by atoms with Crippen molar-refractivity contribution in [2.75, 3.05) is 0 Å². The van der Waals surface area contributed by atoms with Gasteiger partial charge in [-0.25, -0.2) is 15.0 Å². The molecule has 0 saturated carbocycles. The van der Waals surface area contributed by atoms with E-state index in [1.54, 1.807) is 42.3 Å². The molecule has 31 heavy (non-hydrogen) atoms. The second-order valence-corrected chi connectivity index (χ2v) is 6.96. The van der Waals surface area contributed by atoms with Gasteiger partial charge >= 0.3 is 6.61 Å². The summed E-state index contributed by atoms with van der Waals surface area (Å²) in [6.07, 6.45) is 4.65. The Kier molecular flexibility index (Phi) is 5.51. The molecule has 0 atom stereocenters. The van der Waals surface area contributed by atoms with E-state index in [9.17, 15) is 13.6 Å². The minimum Gasteiger partial charge on any atom is -0.433 e. The normalized spacial score (nSPS) is 11.3. The molecule has 4 rings (SSSR count). The molecule has 7 nitrogen and oxygen atoms in total. The van der Waals surface area contributed by atoms with E-state index in [0.717, 1.165) is 5.56 Å². The molecule has 0 aliphatic heterocycles. The lowest BCUT2D eigenvalue weighted by Gasteiger charge is -2.14. The second-order valence-electron chi connectivity index (χ2n) is 6.62. The molecule has 3 aromatic heterocycles. The third-order valence-corrected chi connectivity index (χ3v) is 4.99. The van der Waals surface area contributed by atoms with E-state index in [-0.39, 0.29) is 28.8 Å². The van der Waals surface area contributed by atoms with Crippen LogP contribution in [0, 0.1) is 0 Å². The highest BCUT2D eigenvalue weighted by atomic mass is 35.5. The average Bonchev–Trinajstić information content (AvgIpc) is 2.99. The number of hydrogen-bond acceptors (Lipinski definition) is 5. The molecule has 0 amide bonds. The van der Waals surface area contributed by atoms with Crippen LogP contribution in [-0.2, 0) is 13.6 Å². The molecule has 0 unspecified atom stereocenters. The van der Waals surface area contributed by atoms with Gasteiger partial charge in [0.15, 0.2) is 0 Å². The van der Waals surface area contributed by atoms with E-state index in [1.807, 2.05) is 0 Å². The fourth-order valence-corrected chi connectivity index (χ4v) is 3.38. The zero-order valence-electron chi connectivity index (χ0n) is 16.3. The van der Waals surface area contributed by atoms with Crippen molar-refractivity contribution in [1.82, 2.24) is 24.3 Å². The fraction of sp³-hybridized carbons (Fsp3) is 0.143. The molecule has 0 spiro atoms. The van der Waals surface area contributed by atoms with Crippen molar-refractivity contribution in [3.8, 4) is 16.9 Å². The van der Waals surface area contributed by atoms with Gasteiger partial charge in [-0.1, -0.05) is 12.6 Å². The molecular formula is C21H16ClF2N5O2. The minimum atomic E-state index is -3.00. The molecule has 158 valence electrons. The molecule has 0 fully saturated rings. The number of pyridine rings is 1. The third-order valence-electron chi connectivity index (χ3n) is 4.79. The Labute approximate surface area is 180 Å². The van der Waals surface area contributed by atoms with Crippen molar-refractivity contribution in [1.29, 1.82) is 0 Å². The zero-order valence-corrected chi connectivity index (χ0v) is 17.1. The van der Waals surface area contributed by atoms with Gasteiger partial charge in [-0.15, -0.1) is 0 Å². The summed E-state index contributed by atoms with van der Waals surface area (Å²) in [7, 11) is 1.60. The van der Waals surface area contributed by atoms with Crippen LogP contribution in [-0.4, -0.2) is 30.9 Å². The number of ether oxygens (including phenoxy) is 1. The molecular weight excluding hydrogens is 428 g/mol. The lowest BCUT2D eigenvalue weighted by Crippen LogP contribution is -2.20. The number of aromatic nitrogens is 5. The summed E-state index contributed by atoms with van der Waals surface area (Å²) in [6, 6.07) is 8.21. The number of alkyl halides is 2. The van der Waals surface area contributed by atoms with Crippen molar-refractivity contribution in [2.24, 2.45) is 7.05 Å². The van der Waals surface area contributed by atoms with Crippen LogP contribution in [0.1, 0.15) is 11.4 Å². The quantitative estimate of drug-likeness (QED) is 0.419. The van der Waals surface area contributed by atoms with Gasteiger partial charge in [0.2, 0.25) is 5.28 Å². The lowest BCUT2D eigenvalue weighted by atomic mass is 10.1. The summed E-state index contributed by atoms with van der Waals surface area (Å²) in [5, 5.41) is 0.596. The van der Waals surface area contributed by atoms with Crippen LogP contribution >= 0.6 is 11.6 Å². The monoisotopic (exact) mass is 443 g/mol. The molecule has 1 aromatic carbocycles. The third kappa shape index (κ3) is 4.04. The number of fused-ring (bicyclic) bond motifs is 1. The largest absolute Gasteiger partial charge is 0.433 e. The summed E-state index contributed by atoms with van der Waals surface area (Å²) >= 11 is 5.76. The Morgan fingerprint density at radius 2 is 1.94 bits per heavy atom. The van der Waals surface area contributed by atoms with E-state index in [0.29, 0.717) is 22.2 Å². The Balaban J connectivity index is 1.85. The highest BCUT2D eigenvalue weighted by Crippen LogP contribution is 2.26. The van der Waals surface area contributed by atoms with Crippen LogP contribution in [0.4, 0.5) is 8.78 Å². The lowest BCUT2D eigenvalue weighted by molar-refractivity contribution is -0.0508. The maximum Gasteiger partial charge on any atom is 0.387 e.